The van der Waals surface area contributed by atoms with Gasteiger partial charge in [0.25, 0.3) is 0 Å². The Morgan fingerprint density at radius 2 is 1.68 bits per heavy atom. The SMILES string of the molecule is C=CCO[C@H]1C[C@]12C(=O)N1[C@@H](C(=O)OC(c3ccccc3)c3ccccc3)C(C)(C)S(=O)(=O)[C@@H]12. The van der Waals surface area contributed by atoms with Gasteiger partial charge >= 0.3 is 5.97 Å². The van der Waals surface area contributed by atoms with Crippen molar-refractivity contribution in [3.8, 4) is 0 Å². The molecule has 0 bridgehead atoms. The van der Waals surface area contributed by atoms with Crippen LogP contribution in [0.2, 0.25) is 0 Å². The van der Waals surface area contributed by atoms with E-state index in [0.29, 0.717) is 6.42 Å². The molecule has 2 aromatic carbocycles. The molecular weight excluding hydrogens is 454 g/mol. The highest BCUT2D eigenvalue weighted by Crippen LogP contribution is 2.67. The number of ether oxygens (including phenoxy) is 2. The van der Waals surface area contributed by atoms with Crippen LogP contribution < -0.4 is 0 Å². The number of rotatable bonds is 7. The Bertz CT molecular complexity index is 1200. The van der Waals surface area contributed by atoms with Crippen molar-refractivity contribution >= 4 is 21.7 Å². The first-order valence-electron chi connectivity index (χ1n) is 11.3. The van der Waals surface area contributed by atoms with Gasteiger partial charge in [-0.15, -0.1) is 6.58 Å². The summed E-state index contributed by atoms with van der Waals surface area (Å²) in [5.74, 6) is -1.10. The molecule has 0 aromatic heterocycles. The lowest BCUT2D eigenvalue weighted by Crippen LogP contribution is -2.66. The van der Waals surface area contributed by atoms with Crippen molar-refractivity contribution < 1.29 is 27.5 Å². The summed E-state index contributed by atoms with van der Waals surface area (Å²) < 4.78 is 37.2. The fraction of sp³-hybridized carbons (Fsp3) is 0.385. The van der Waals surface area contributed by atoms with Crippen LogP contribution in [0.5, 0.6) is 0 Å². The summed E-state index contributed by atoms with van der Waals surface area (Å²) in [6.45, 7) is 6.83. The second-order valence-corrected chi connectivity index (χ2v) is 12.2. The molecule has 34 heavy (non-hydrogen) atoms. The number of benzene rings is 2. The van der Waals surface area contributed by atoms with Crippen LogP contribution in [0.25, 0.3) is 0 Å². The van der Waals surface area contributed by atoms with Crippen molar-refractivity contribution in [2.45, 2.75) is 48.6 Å². The lowest BCUT2D eigenvalue weighted by atomic mass is 9.88. The highest BCUT2D eigenvalue weighted by molar-refractivity contribution is 7.94. The number of β-lactam (4-membered cyclic amide) rings is 1. The van der Waals surface area contributed by atoms with Crippen molar-refractivity contribution in [3.63, 3.8) is 0 Å². The van der Waals surface area contributed by atoms with E-state index in [-0.39, 0.29) is 12.5 Å². The lowest BCUT2D eigenvalue weighted by molar-refractivity contribution is -0.172. The maximum Gasteiger partial charge on any atom is 0.331 e. The molecule has 2 heterocycles. The number of hydrogen-bond acceptors (Lipinski definition) is 6. The molecule has 2 saturated heterocycles. The van der Waals surface area contributed by atoms with Crippen LogP contribution in [-0.2, 0) is 28.9 Å². The van der Waals surface area contributed by atoms with Gasteiger partial charge in [0.05, 0.1) is 17.5 Å². The molecular formula is C26H27NO6S. The molecule has 2 aromatic rings. The summed E-state index contributed by atoms with van der Waals surface area (Å²) in [5.41, 5.74) is 0.402. The van der Waals surface area contributed by atoms with Gasteiger partial charge in [-0.2, -0.15) is 0 Å². The fourth-order valence-corrected chi connectivity index (χ4v) is 7.89. The summed E-state index contributed by atoms with van der Waals surface area (Å²) >= 11 is 0. The van der Waals surface area contributed by atoms with E-state index in [1.54, 1.807) is 6.08 Å². The third-order valence-electron chi connectivity index (χ3n) is 7.30. The molecule has 1 aliphatic carbocycles. The molecule has 0 N–H and O–H groups in total. The van der Waals surface area contributed by atoms with E-state index in [1.165, 1.54) is 18.7 Å². The predicted molar refractivity (Wildman–Crippen MR) is 125 cm³/mol. The molecule has 0 unspecified atom stereocenters. The molecule has 3 fully saturated rings. The van der Waals surface area contributed by atoms with E-state index in [1.807, 2.05) is 60.7 Å². The topological polar surface area (TPSA) is 90.0 Å². The molecule has 0 radical (unpaired) electrons. The minimum atomic E-state index is -3.86. The van der Waals surface area contributed by atoms with Gasteiger partial charge in [-0.3, -0.25) is 4.79 Å². The Balaban J connectivity index is 1.47. The standard InChI is InChI=1S/C26H27NO6S/c1-4-15-32-19-16-26(19)23(29)27-21(25(2,3)34(30,31)24(26)27)22(28)33-20(17-11-7-5-8-12-17)18-13-9-6-10-14-18/h4-14,19-21,24H,1,15-16H2,2-3H3/t19-,21-,24+,26+/m0/s1. The highest BCUT2D eigenvalue weighted by atomic mass is 32.2. The van der Waals surface area contributed by atoms with Gasteiger partial charge in [-0.1, -0.05) is 66.7 Å². The monoisotopic (exact) mass is 481 g/mol. The molecule has 7 nitrogen and oxygen atoms in total. The van der Waals surface area contributed by atoms with Crippen LogP contribution in [-0.4, -0.2) is 54.1 Å². The van der Waals surface area contributed by atoms with E-state index in [0.717, 1.165) is 11.1 Å². The normalized spacial score (nSPS) is 30.0. The van der Waals surface area contributed by atoms with Crippen molar-refractivity contribution in [3.05, 3.63) is 84.4 Å². The second kappa shape index (κ2) is 7.78. The lowest BCUT2D eigenvalue weighted by Gasteiger charge is -2.44. The maximum absolute atomic E-state index is 13.6. The van der Waals surface area contributed by atoms with E-state index < -0.39 is 49.6 Å². The van der Waals surface area contributed by atoms with Gasteiger partial charge in [0.15, 0.2) is 21.3 Å². The van der Waals surface area contributed by atoms with Gasteiger partial charge in [0.1, 0.15) is 11.5 Å². The van der Waals surface area contributed by atoms with Crippen LogP contribution >= 0.6 is 0 Å². The Labute approximate surface area is 199 Å². The van der Waals surface area contributed by atoms with Crippen LogP contribution in [0.15, 0.2) is 73.3 Å². The molecule has 2 aliphatic heterocycles. The zero-order valence-electron chi connectivity index (χ0n) is 19.1. The third-order valence-corrected chi connectivity index (χ3v) is 10.2. The number of carbonyl (C=O) groups excluding carboxylic acids is 2. The van der Waals surface area contributed by atoms with Crippen molar-refractivity contribution in [1.29, 1.82) is 0 Å². The number of carbonyl (C=O) groups is 2. The van der Waals surface area contributed by atoms with Crippen LogP contribution in [0.3, 0.4) is 0 Å². The van der Waals surface area contributed by atoms with Gasteiger partial charge < -0.3 is 14.4 Å². The number of amides is 1. The first-order valence-corrected chi connectivity index (χ1v) is 12.8. The largest absolute Gasteiger partial charge is 0.451 e. The molecule has 5 rings (SSSR count). The summed E-state index contributed by atoms with van der Waals surface area (Å²) in [5, 5.41) is -1.08. The summed E-state index contributed by atoms with van der Waals surface area (Å²) in [4.78, 5) is 28.1. The Hall–Kier alpha value is -2.97. The summed E-state index contributed by atoms with van der Waals surface area (Å²) in [7, 11) is -3.86. The Morgan fingerprint density at radius 1 is 1.12 bits per heavy atom. The number of fused-ring (bicyclic) bond motifs is 2. The summed E-state index contributed by atoms with van der Waals surface area (Å²) in [6.07, 6.45) is 0.672. The first-order chi connectivity index (χ1) is 16.2. The van der Waals surface area contributed by atoms with Gasteiger partial charge in [-0.05, 0) is 31.4 Å². The number of nitrogens with zero attached hydrogens (tertiary/aromatic N) is 1. The van der Waals surface area contributed by atoms with E-state index in [2.05, 4.69) is 6.58 Å². The van der Waals surface area contributed by atoms with Gasteiger partial charge in [0, 0.05) is 0 Å². The number of sulfone groups is 1. The molecule has 4 atom stereocenters. The number of esters is 1. The average Bonchev–Trinajstić information content (AvgIpc) is 3.54. The molecule has 3 aliphatic rings. The zero-order chi connectivity index (χ0) is 24.3. The average molecular weight is 482 g/mol. The van der Waals surface area contributed by atoms with E-state index in [4.69, 9.17) is 9.47 Å². The van der Waals surface area contributed by atoms with Crippen molar-refractivity contribution in [1.82, 2.24) is 4.90 Å². The fourth-order valence-electron chi connectivity index (χ4n) is 5.38. The quantitative estimate of drug-likeness (QED) is 0.343. The molecule has 8 heteroatoms. The van der Waals surface area contributed by atoms with Crippen LogP contribution in [0.1, 0.15) is 37.5 Å². The molecule has 1 amide bonds. The smallest absolute Gasteiger partial charge is 0.331 e. The molecule has 178 valence electrons. The van der Waals surface area contributed by atoms with Crippen LogP contribution in [0.4, 0.5) is 0 Å². The van der Waals surface area contributed by atoms with Crippen molar-refractivity contribution in [2.24, 2.45) is 5.41 Å². The minimum absolute atomic E-state index is 0.233. The van der Waals surface area contributed by atoms with E-state index >= 15 is 0 Å². The predicted octanol–water partition coefficient (Wildman–Crippen LogP) is 3.02. The Kier molecular flexibility index (Phi) is 5.22. The van der Waals surface area contributed by atoms with Gasteiger partial charge in [-0.25, -0.2) is 13.2 Å². The Morgan fingerprint density at radius 3 is 2.21 bits per heavy atom. The van der Waals surface area contributed by atoms with Crippen molar-refractivity contribution in [2.75, 3.05) is 6.61 Å². The third kappa shape index (κ3) is 3.01. The first kappa shape index (κ1) is 22.8. The van der Waals surface area contributed by atoms with E-state index in [9.17, 15) is 18.0 Å². The molecule has 1 saturated carbocycles. The maximum atomic E-state index is 13.6. The van der Waals surface area contributed by atoms with Crippen LogP contribution in [0, 0.1) is 5.41 Å². The number of hydrogen-bond donors (Lipinski definition) is 0. The van der Waals surface area contributed by atoms with Gasteiger partial charge in [0.2, 0.25) is 5.91 Å². The second-order valence-electron chi connectivity index (χ2n) is 9.61. The minimum Gasteiger partial charge on any atom is -0.451 e. The summed E-state index contributed by atoms with van der Waals surface area (Å²) in [6, 6.07) is 17.3. The molecule has 1 spiro atoms. The highest BCUT2D eigenvalue weighted by Gasteiger charge is 2.86. The zero-order valence-corrected chi connectivity index (χ0v) is 19.9.